The van der Waals surface area contributed by atoms with E-state index in [2.05, 4.69) is 34.4 Å². The van der Waals surface area contributed by atoms with Crippen molar-refractivity contribution in [1.29, 1.82) is 0 Å². The van der Waals surface area contributed by atoms with Gasteiger partial charge in [0.1, 0.15) is 17.5 Å². The van der Waals surface area contributed by atoms with Gasteiger partial charge in [-0.1, -0.05) is 13.8 Å². The van der Waals surface area contributed by atoms with Crippen molar-refractivity contribution in [2.24, 2.45) is 0 Å². The van der Waals surface area contributed by atoms with Crippen LogP contribution in [0.3, 0.4) is 0 Å². The topological polar surface area (TPSA) is 70.1 Å². The Morgan fingerprint density at radius 3 is 2.42 bits per heavy atom. The van der Waals surface area contributed by atoms with Gasteiger partial charge in [-0.2, -0.15) is 0 Å². The van der Waals surface area contributed by atoms with Crippen molar-refractivity contribution in [3.05, 3.63) is 11.4 Å². The normalized spacial score (nSPS) is 12.3. The fourth-order valence-electron chi connectivity index (χ4n) is 1.91. The molecule has 0 saturated heterocycles. The molecule has 108 valence electrons. The minimum Gasteiger partial charge on any atom is -0.396 e. The van der Waals surface area contributed by atoms with Gasteiger partial charge in [0.05, 0.1) is 0 Å². The van der Waals surface area contributed by atoms with E-state index in [1.54, 1.807) is 0 Å². The molecule has 0 aliphatic heterocycles. The second-order valence-corrected chi connectivity index (χ2v) is 4.78. The van der Waals surface area contributed by atoms with Gasteiger partial charge in [-0.25, -0.2) is 9.97 Å². The van der Waals surface area contributed by atoms with E-state index in [0.29, 0.717) is 0 Å². The highest BCUT2D eigenvalue weighted by atomic mass is 16.3. The molecule has 19 heavy (non-hydrogen) atoms. The maximum Gasteiger partial charge on any atom is 0.134 e. The summed E-state index contributed by atoms with van der Waals surface area (Å²) in [4.78, 5) is 8.91. The van der Waals surface area contributed by atoms with E-state index < -0.39 is 0 Å². The summed E-state index contributed by atoms with van der Waals surface area (Å²) in [6, 6.07) is 0.247. The Balaban J connectivity index is 2.90. The van der Waals surface area contributed by atoms with Gasteiger partial charge in [0.15, 0.2) is 0 Å². The monoisotopic (exact) mass is 266 g/mol. The number of hydrogen-bond donors (Lipinski definition) is 3. The average Bonchev–Trinajstić information content (AvgIpc) is 2.40. The second kappa shape index (κ2) is 7.94. The second-order valence-electron chi connectivity index (χ2n) is 4.78. The molecule has 1 heterocycles. The molecular formula is C14H26N4O. The number of aromatic nitrogens is 2. The molecule has 0 radical (unpaired) electrons. The van der Waals surface area contributed by atoms with Crippen LogP contribution in [0.1, 0.15) is 44.5 Å². The van der Waals surface area contributed by atoms with Gasteiger partial charge in [-0.3, -0.25) is 0 Å². The predicted octanol–water partition coefficient (Wildman–Crippen LogP) is 2.49. The third kappa shape index (κ3) is 4.67. The first kappa shape index (κ1) is 15.7. The molecule has 3 N–H and O–H groups in total. The van der Waals surface area contributed by atoms with Crippen LogP contribution in [0.15, 0.2) is 0 Å². The van der Waals surface area contributed by atoms with Crippen LogP contribution in [0.5, 0.6) is 0 Å². The molecule has 1 aromatic heterocycles. The Morgan fingerprint density at radius 1 is 1.16 bits per heavy atom. The number of rotatable bonds is 8. The lowest BCUT2D eigenvalue weighted by Gasteiger charge is -2.19. The lowest BCUT2D eigenvalue weighted by molar-refractivity contribution is 0.278. The molecule has 0 bridgehead atoms. The molecule has 5 heteroatoms. The summed E-state index contributed by atoms with van der Waals surface area (Å²) in [6.07, 6.45) is 2.75. The predicted molar refractivity (Wildman–Crippen MR) is 79.7 cm³/mol. The van der Waals surface area contributed by atoms with Gasteiger partial charge in [0.2, 0.25) is 0 Å². The molecule has 0 aliphatic carbocycles. The minimum absolute atomic E-state index is 0.190. The number of hydrogen-bond acceptors (Lipinski definition) is 5. The van der Waals surface area contributed by atoms with Crippen molar-refractivity contribution in [2.75, 3.05) is 23.8 Å². The number of anilines is 2. The summed E-state index contributed by atoms with van der Waals surface area (Å²) in [6.45, 7) is 9.25. The third-order valence-electron chi connectivity index (χ3n) is 3.11. The lowest BCUT2D eigenvalue weighted by Crippen LogP contribution is -2.22. The van der Waals surface area contributed by atoms with Gasteiger partial charge in [-0.15, -0.1) is 0 Å². The molecule has 1 rings (SSSR count). The Labute approximate surface area is 115 Å². The smallest absolute Gasteiger partial charge is 0.134 e. The van der Waals surface area contributed by atoms with Gasteiger partial charge in [-0.05, 0) is 33.1 Å². The third-order valence-corrected chi connectivity index (χ3v) is 3.11. The summed E-state index contributed by atoms with van der Waals surface area (Å²) >= 11 is 0. The highest BCUT2D eigenvalue weighted by molar-refractivity contribution is 5.57. The first-order valence-electron chi connectivity index (χ1n) is 7.08. The van der Waals surface area contributed by atoms with Gasteiger partial charge in [0, 0.05) is 24.8 Å². The zero-order valence-corrected chi connectivity index (χ0v) is 12.5. The molecule has 0 fully saturated rings. The van der Waals surface area contributed by atoms with E-state index in [1.807, 2.05) is 13.8 Å². The van der Waals surface area contributed by atoms with E-state index in [4.69, 9.17) is 5.11 Å². The molecular weight excluding hydrogens is 240 g/mol. The first-order valence-corrected chi connectivity index (χ1v) is 7.08. The number of aliphatic hydroxyl groups excluding tert-OH is 1. The summed E-state index contributed by atoms with van der Waals surface area (Å²) in [5, 5.41) is 15.8. The highest BCUT2D eigenvalue weighted by Gasteiger charge is 2.12. The number of nitrogens with one attached hydrogen (secondary N) is 2. The minimum atomic E-state index is 0.190. The van der Waals surface area contributed by atoms with Crippen LogP contribution in [0.4, 0.5) is 11.6 Å². The Bertz CT molecular complexity index is 395. The van der Waals surface area contributed by atoms with E-state index >= 15 is 0 Å². The molecule has 1 atom stereocenters. The fraction of sp³-hybridized carbons (Fsp3) is 0.714. The van der Waals surface area contributed by atoms with Crippen LogP contribution in [-0.2, 0) is 0 Å². The summed E-state index contributed by atoms with van der Waals surface area (Å²) < 4.78 is 0. The Hall–Kier alpha value is -1.36. The Kier molecular flexibility index (Phi) is 6.56. The van der Waals surface area contributed by atoms with Crippen LogP contribution in [0.25, 0.3) is 0 Å². The number of nitrogens with zero attached hydrogens (tertiary/aromatic N) is 2. The van der Waals surface area contributed by atoms with Crippen LogP contribution < -0.4 is 10.6 Å². The summed E-state index contributed by atoms with van der Waals surface area (Å²) in [5.41, 5.74) is 1.04. The van der Waals surface area contributed by atoms with Gasteiger partial charge >= 0.3 is 0 Å². The van der Waals surface area contributed by atoms with Crippen LogP contribution in [-0.4, -0.2) is 34.3 Å². The van der Waals surface area contributed by atoms with Crippen molar-refractivity contribution in [1.82, 2.24) is 9.97 Å². The van der Waals surface area contributed by atoms with E-state index in [-0.39, 0.29) is 12.6 Å². The maximum atomic E-state index is 9.06. The van der Waals surface area contributed by atoms with Crippen molar-refractivity contribution in [3.8, 4) is 0 Å². The molecule has 0 aromatic carbocycles. The Morgan fingerprint density at radius 2 is 1.84 bits per heavy atom. The number of aryl methyl sites for hydroxylation is 1. The van der Waals surface area contributed by atoms with Gasteiger partial charge in [0.25, 0.3) is 0 Å². The van der Waals surface area contributed by atoms with Crippen molar-refractivity contribution >= 4 is 11.6 Å². The quantitative estimate of drug-likeness (QED) is 0.674. The molecule has 0 amide bonds. The number of aliphatic hydroxyl groups is 1. The maximum absolute atomic E-state index is 9.06. The molecule has 5 nitrogen and oxygen atoms in total. The van der Waals surface area contributed by atoms with E-state index in [9.17, 15) is 0 Å². The molecule has 1 aromatic rings. The van der Waals surface area contributed by atoms with Crippen LogP contribution in [0.2, 0.25) is 0 Å². The fourth-order valence-corrected chi connectivity index (χ4v) is 1.91. The summed E-state index contributed by atoms with van der Waals surface area (Å²) in [7, 11) is 0. The molecule has 0 spiro atoms. The van der Waals surface area contributed by atoms with Crippen molar-refractivity contribution < 1.29 is 5.11 Å². The van der Waals surface area contributed by atoms with E-state index in [0.717, 1.165) is 48.8 Å². The van der Waals surface area contributed by atoms with E-state index in [1.165, 1.54) is 0 Å². The average molecular weight is 266 g/mol. The van der Waals surface area contributed by atoms with Crippen molar-refractivity contribution in [2.45, 2.75) is 53.0 Å². The molecule has 1 unspecified atom stereocenters. The van der Waals surface area contributed by atoms with Crippen molar-refractivity contribution in [3.63, 3.8) is 0 Å². The first-order chi connectivity index (χ1) is 9.12. The largest absolute Gasteiger partial charge is 0.396 e. The highest BCUT2D eigenvalue weighted by Crippen LogP contribution is 2.21. The van der Waals surface area contributed by atoms with Crippen LogP contribution >= 0.6 is 0 Å². The van der Waals surface area contributed by atoms with Gasteiger partial charge < -0.3 is 15.7 Å². The molecule has 0 saturated carbocycles. The summed E-state index contributed by atoms with van der Waals surface area (Å²) in [5.74, 6) is 2.52. The zero-order chi connectivity index (χ0) is 14.3. The lowest BCUT2D eigenvalue weighted by atomic mass is 10.1. The molecule has 0 aliphatic rings. The standard InChI is InChI=1S/C14H26N4O/c1-5-8-15-13-10(3)14(17-11(4)16-13)18-12(6-2)7-9-19/h12,19H,5-9H2,1-4H3,(H2,15,16,17,18). The zero-order valence-electron chi connectivity index (χ0n) is 12.5. The van der Waals surface area contributed by atoms with Crippen LogP contribution in [0, 0.1) is 13.8 Å². The SMILES string of the molecule is CCCNc1nc(C)nc(NC(CC)CCO)c1C.